The van der Waals surface area contributed by atoms with Gasteiger partial charge in [0.05, 0.1) is 17.3 Å². The summed E-state index contributed by atoms with van der Waals surface area (Å²) in [7, 11) is 0. The van der Waals surface area contributed by atoms with Gasteiger partial charge in [-0.05, 0) is 37.3 Å². The molecule has 0 aliphatic rings. The van der Waals surface area contributed by atoms with E-state index in [2.05, 4.69) is 5.32 Å². The molecule has 0 aliphatic carbocycles. The van der Waals surface area contributed by atoms with Crippen LogP contribution in [0.5, 0.6) is 11.5 Å². The Labute approximate surface area is 138 Å². The van der Waals surface area contributed by atoms with Crippen molar-refractivity contribution >= 4 is 34.8 Å². The molecular formula is C16H15Cl2NO3. The molecule has 0 saturated heterocycles. The summed E-state index contributed by atoms with van der Waals surface area (Å²) in [6.07, 6.45) is 0. The highest BCUT2D eigenvalue weighted by molar-refractivity contribution is 6.35. The number of nitrogens with one attached hydrogen (secondary N) is 1. The van der Waals surface area contributed by atoms with Gasteiger partial charge < -0.3 is 14.8 Å². The SMILES string of the molecule is CCOc1ccccc1OCC(=O)Nc1cc(Cl)ccc1Cl. The average Bonchev–Trinajstić information content (AvgIpc) is 2.50. The molecule has 116 valence electrons. The van der Waals surface area contributed by atoms with Crippen LogP contribution in [0.15, 0.2) is 42.5 Å². The first kappa shape index (κ1) is 16.5. The van der Waals surface area contributed by atoms with E-state index >= 15 is 0 Å². The van der Waals surface area contributed by atoms with Crippen LogP contribution < -0.4 is 14.8 Å². The molecule has 0 bridgehead atoms. The van der Waals surface area contributed by atoms with Gasteiger partial charge in [0.25, 0.3) is 5.91 Å². The van der Waals surface area contributed by atoms with Gasteiger partial charge in [0, 0.05) is 5.02 Å². The summed E-state index contributed by atoms with van der Waals surface area (Å²) in [6.45, 7) is 2.24. The molecule has 2 rings (SSSR count). The van der Waals surface area contributed by atoms with Crippen LogP contribution in [0.1, 0.15) is 6.92 Å². The Kier molecular flexibility index (Phi) is 5.92. The lowest BCUT2D eigenvalue weighted by atomic mass is 10.3. The van der Waals surface area contributed by atoms with Crippen molar-refractivity contribution in [3.63, 3.8) is 0 Å². The van der Waals surface area contributed by atoms with Gasteiger partial charge in [-0.2, -0.15) is 0 Å². The van der Waals surface area contributed by atoms with Crippen LogP contribution in [0, 0.1) is 0 Å². The third-order valence-corrected chi connectivity index (χ3v) is 3.27. The number of anilines is 1. The molecule has 0 aromatic heterocycles. The van der Waals surface area contributed by atoms with E-state index in [0.29, 0.717) is 33.8 Å². The van der Waals surface area contributed by atoms with E-state index in [1.54, 1.807) is 30.3 Å². The van der Waals surface area contributed by atoms with Crippen LogP contribution in [0.4, 0.5) is 5.69 Å². The standard InChI is InChI=1S/C16H15Cl2NO3/c1-2-21-14-5-3-4-6-15(14)22-10-16(20)19-13-9-11(17)7-8-12(13)18/h3-9H,2,10H2,1H3,(H,19,20). The largest absolute Gasteiger partial charge is 0.490 e. The second kappa shape index (κ2) is 7.92. The first-order valence-corrected chi connectivity index (χ1v) is 7.45. The van der Waals surface area contributed by atoms with Gasteiger partial charge in [-0.25, -0.2) is 0 Å². The molecule has 0 unspecified atom stereocenters. The van der Waals surface area contributed by atoms with Crippen molar-refractivity contribution in [2.45, 2.75) is 6.92 Å². The number of hydrogen-bond donors (Lipinski definition) is 1. The van der Waals surface area contributed by atoms with E-state index in [4.69, 9.17) is 32.7 Å². The maximum absolute atomic E-state index is 11.9. The number of rotatable bonds is 6. The second-order valence-corrected chi connectivity index (χ2v) is 5.18. The Bertz CT molecular complexity index is 662. The minimum absolute atomic E-state index is 0.160. The van der Waals surface area contributed by atoms with Gasteiger partial charge in [0.2, 0.25) is 0 Å². The van der Waals surface area contributed by atoms with E-state index in [1.807, 2.05) is 19.1 Å². The summed E-state index contributed by atoms with van der Waals surface area (Å²) in [6, 6.07) is 12.0. The summed E-state index contributed by atoms with van der Waals surface area (Å²) < 4.78 is 10.9. The fourth-order valence-corrected chi connectivity index (χ4v) is 2.10. The Hall–Kier alpha value is -1.91. The molecule has 2 aromatic carbocycles. The van der Waals surface area contributed by atoms with E-state index in [1.165, 1.54) is 0 Å². The summed E-state index contributed by atoms with van der Waals surface area (Å²) in [5.41, 5.74) is 0.445. The molecule has 6 heteroatoms. The predicted octanol–water partition coefficient (Wildman–Crippen LogP) is 4.41. The molecule has 1 amide bonds. The second-order valence-electron chi connectivity index (χ2n) is 4.34. The highest BCUT2D eigenvalue weighted by Gasteiger charge is 2.09. The molecule has 0 radical (unpaired) electrons. The number of benzene rings is 2. The van der Waals surface area contributed by atoms with Gasteiger partial charge in [0.15, 0.2) is 18.1 Å². The van der Waals surface area contributed by atoms with E-state index in [-0.39, 0.29) is 12.5 Å². The molecule has 0 saturated carbocycles. The number of hydrogen-bond acceptors (Lipinski definition) is 3. The minimum Gasteiger partial charge on any atom is -0.490 e. The van der Waals surface area contributed by atoms with Crippen LogP contribution in [-0.4, -0.2) is 19.1 Å². The van der Waals surface area contributed by atoms with E-state index in [0.717, 1.165) is 0 Å². The Balaban J connectivity index is 1.97. The van der Waals surface area contributed by atoms with Crippen molar-refractivity contribution in [1.29, 1.82) is 0 Å². The highest BCUT2D eigenvalue weighted by Crippen LogP contribution is 2.27. The van der Waals surface area contributed by atoms with Gasteiger partial charge >= 0.3 is 0 Å². The number of halogens is 2. The minimum atomic E-state index is -0.338. The first-order valence-electron chi connectivity index (χ1n) is 6.69. The van der Waals surface area contributed by atoms with Crippen molar-refractivity contribution in [2.24, 2.45) is 0 Å². The van der Waals surface area contributed by atoms with Crippen molar-refractivity contribution in [2.75, 3.05) is 18.5 Å². The lowest BCUT2D eigenvalue weighted by Crippen LogP contribution is -2.20. The molecule has 4 nitrogen and oxygen atoms in total. The molecule has 0 heterocycles. The van der Waals surface area contributed by atoms with Crippen molar-refractivity contribution in [1.82, 2.24) is 0 Å². The summed E-state index contributed by atoms with van der Waals surface area (Å²) in [4.78, 5) is 11.9. The van der Waals surface area contributed by atoms with Gasteiger partial charge in [0.1, 0.15) is 0 Å². The van der Waals surface area contributed by atoms with E-state index < -0.39 is 0 Å². The predicted molar refractivity (Wildman–Crippen MR) is 88.2 cm³/mol. The van der Waals surface area contributed by atoms with Crippen LogP contribution in [0.2, 0.25) is 10.0 Å². The smallest absolute Gasteiger partial charge is 0.262 e. The zero-order valence-electron chi connectivity index (χ0n) is 11.9. The van der Waals surface area contributed by atoms with Gasteiger partial charge in [-0.15, -0.1) is 0 Å². The molecule has 2 aromatic rings. The van der Waals surface area contributed by atoms with Crippen molar-refractivity contribution in [3.05, 3.63) is 52.5 Å². The number of para-hydroxylation sites is 2. The number of amides is 1. The Morgan fingerprint density at radius 1 is 1.09 bits per heavy atom. The van der Waals surface area contributed by atoms with Crippen LogP contribution in [0.3, 0.4) is 0 Å². The Morgan fingerprint density at radius 2 is 1.77 bits per heavy atom. The highest BCUT2D eigenvalue weighted by atomic mass is 35.5. The van der Waals surface area contributed by atoms with Crippen LogP contribution >= 0.6 is 23.2 Å². The lowest BCUT2D eigenvalue weighted by Gasteiger charge is -2.12. The first-order chi connectivity index (χ1) is 10.6. The summed E-state index contributed by atoms with van der Waals surface area (Å²) in [5.74, 6) is 0.769. The third-order valence-electron chi connectivity index (χ3n) is 2.71. The maximum Gasteiger partial charge on any atom is 0.262 e. The number of carbonyl (C=O) groups is 1. The van der Waals surface area contributed by atoms with Gasteiger partial charge in [-0.3, -0.25) is 4.79 Å². The van der Waals surface area contributed by atoms with Gasteiger partial charge in [-0.1, -0.05) is 35.3 Å². The quantitative estimate of drug-likeness (QED) is 0.847. The molecular weight excluding hydrogens is 325 g/mol. The third kappa shape index (κ3) is 4.55. The Morgan fingerprint density at radius 3 is 2.45 bits per heavy atom. The zero-order valence-corrected chi connectivity index (χ0v) is 13.4. The molecule has 1 N–H and O–H groups in total. The number of ether oxygens (including phenoxy) is 2. The molecule has 22 heavy (non-hydrogen) atoms. The average molecular weight is 340 g/mol. The molecule has 0 atom stereocenters. The fraction of sp³-hybridized carbons (Fsp3) is 0.188. The molecule has 0 spiro atoms. The van der Waals surface area contributed by atoms with Crippen LogP contribution in [0.25, 0.3) is 0 Å². The lowest BCUT2D eigenvalue weighted by molar-refractivity contribution is -0.118. The fourth-order valence-electron chi connectivity index (χ4n) is 1.77. The summed E-state index contributed by atoms with van der Waals surface area (Å²) in [5, 5.41) is 3.55. The normalized spacial score (nSPS) is 10.1. The van der Waals surface area contributed by atoms with E-state index in [9.17, 15) is 4.79 Å². The zero-order chi connectivity index (χ0) is 15.9. The molecule has 0 aliphatic heterocycles. The topological polar surface area (TPSA) is 47.6 Å². The molecule has 0 fully saturated rings. The maximum atomic E-state index is 11.9. The summed E-state index contributed by atoms with van der Waals surface area (Å²) >= 11 is 11.9. The van der Waals surface area contributed by atoms with Crippen LogP contribution in [-0.2, 0) is 4.79 Å². The van der Waals surface area contributed by atoms with Crippen molar-refractivity contribution in [3.8, 4) is 11.5 Å². The number of carbonyl (C=O) groups excluding carboxylic acids is 1. The van der Waals surface area contributed by atoms with Crippen molar-refractivity contribution < 1.29 is 14.3 Å². The monoisotopic (exact) mass is 339 g/mol.